The molecule has 108 valence electrons. The van der Waals surface area contributed by atoms with Gasteiger partial charge in [-0.2, -0.15) is 0 Å². The summed E-state index contributed by atoms with van der Waals surface area (Å²) in [6.07, 6.45) is 1.58. The van der Waals surface area contributed by atoms with E-state index in [1.807, 2.05) is 0 Å². The zero-order valence-electron chi connectivity index (χ0n) is 10.9. The normalized spacial score (nSPS) is 11.4. The Bertz CT molecular complexity index is 475. The van der Waals surface area contributed by atoms with Gasteiger partial charge >= 0.3 is 12.0 Å². The van der Waals surface area contributed by atoms with Crippen molar-refractivity contribution in [3.63, 3.8) is 0 Å². The number of rotatable bonds is 6. The van der Waals surface area contributed by atoms with Crippen LogP contribution >= 0.6 is 0 Å². The van der Waals surface area contributed by atoms with Crippen LogP contribution in [0.2, 0.25) is 0 Å². The number of amides is 3. The Morgan fingerprint density at radius 3 is 2.60 bits per heavy atom. The molecule has 0 aliphatic carbocycles. The lowest BCUT2D eigenvalue weighted by atomic mass is 10.2. The van der Waals surface area contributed by atoms with Crippen LogP contribution in [0.3, 0.4) is 0 Å². The summed E-state index contributed by atoms with van der Waals surface area (Å²) in [7, 11) is 0. The van der Waals surface area contributed by atoms with Gasteiger partial charge in [-0.25, -0.2) is 4.79 Å². The number of hydrogen-bond donors (Lipinski definition) is 3. The molecule has 3 amide bonds. The quantitative estimate of drug-likeness (QED) is 0.661. The van der Waals surface area contributed by atoms with Crippen LogP contribution in [-0.2, 0) is 9.59 Å². The standard InChI is InChI=1S/C12H16N4O4/c1-8(9-4-2-3-5-14-9)15-12(20)16(6-10(13)17)7-11(18)19/h2-5,8H,6-7H2,1H3,(H2,13,17)(H,15,20)(H,18,19). The maximum Gasteiger partial charge on any atom is 0.323 e. The first-order chi connectivity index (χ1) is 9.40. The van der Waals surface area contributed by atoms with Gasteiger partial charge in [-0.05, 0) is 19.1 Å². The minimum atomic E-state index is -1.23. The first-order valence-electron chi connectivity index (χ1n) is 5.86. The van der Waals surface area contributed by atoms with Gasteiger partial charge in [0.15, 0.2) is 0 Å². The van der Waals surface area contributed by atoms with Crippen molar-refractivity contribution in [2.75, 3.05) is 13.1 Å². The van der Waals surface area contributed by atoms with Crippen molar-refractivity contribution in [3.05, 3.63) is 30.1 Å². The molecule has 1 rings (SSSR count). The smallest absolute Gasteiger partial charge is 0.323 e. The number of carboxylic acid groups (broad SMARTS) is 1. The highest BCUT2D eigenvalue weighted by Gasteiger charge is 2.20. The Kier molecular flexibility index (Phi) is 5.45. The van der Waals surface area contributed by atoms with Gasteiger partial charge in [-0.1, -0.05) is 6.07 Å². The molecule has 0 aromatic carbocycles. The van der Waals surface area contributed by atoms with E-state index in [2.05, 4.69) is 10.3 Å². The Hall–Kier alpha value is -2.64. The van der Waals surface area contributed by atoms with Gasteiger partial charge < -0.3 is 21.1 Å². The molecule has 0 fully saturated rings. The number of aromatic nitrogens is 1. The van der Waals surface area contributed by atoms with Crippen molar-refractivity contribution >= 4 is 17.9 Å². The van der Waals surface area contributed by atoms with Crippen LogP contribution in [0, 0.1) is 0 Å². The number of carbonyl (C=O) groups excluding carboxylic acids is 2. The van der Waals surface area contributed by atoms with Crippen molar-refractivity contribution in [1.82, 2.24) is 15.2 Å². The second kappa shape index (κ2) is 7.07. The minimum absolute atomic E-state index is 0.423. The number of carboxylic acids is 1. The van der Waals surface area contributed by atoms with Crippen LogP contribution in [0.5, 0.6) is 0 Å². The van der Waals surface area contributed by atoms with Crippen LogP contribution in [0.1, 0.15) is 18.7 Å². The van der Waals surface area contributed by atoms with E-state index < -0.39 is 37.0 Å². The summed E-state index contributed by atoms with van der Waals surface area (Å²) in [6.45, 7) is 0.625. The number of nitrogens with two attached hydrogens (primary N) is 1. The largest absolute Gasteiger partial charge is 0.480 e. The average Bonchev–Trinajstić information content (AvgIpc) is 2.37. The summed E-state index contributed by atoms with van der Waals surface area (Å²) in [5.41, 5.74) is 5.60. The van der Waals surface area contributed by atoms with Crippen LogP contribution < -0.4 is 11.1 Å². The molecule has 1 unspecified atom stereocenters. The summed E-state index contributed by atoms with van der Waals surface area (Å²) in [5.74, 6) is -2.02. The minimum Gasteiger partial charge on any atom is -0.480 e. The summed E-state index contributed by atoms with van der Waals surface area (Å²) in [4.78, 5) is 38.3. The number of pyridine rings is 1. The van der Waals surface area contributed by atoms with Gasteiger partial charge in [0.05, 0.1) is 11.7 Å². The van der Waals surface area contributed by atoms with E-state index >= 15 is 0 Å². The first kappa shape index (κ1) is 15.4. The van der Waals surface area contributed by atoms with E-state index in [4.69, 9.17) is 10.8 Å². The molecule has 0 saturated heterocycles. The number of nitrogens with one attached hydrogen (secondary N) is 1. The van der Waals surface area contributed by atoms with Gasteiger partial charge in [-0.3, -0.25) is 14.6 Å². The molecule has 4 N–H and O–H groups in total. The van der Waals surface area contributed by atoms with Crippen LogP contribution in [-0.4, -0.2) is 46.0 Å². The fourth-order valence-corrected chi connectivity index (χ4v) is 1.53. The van der Waals surface area contributed by atoms with Crippen molar-refractivity contribution in [2.45, 2.75) is 13.0 Å². The summed E-state index contributed by atoms with van der Waals surface area (Å²) >= 11 is 0. The lowest BCUT2D eigenvalue weighted by molar-refractivity contribution is -0.137. The van der Waals surface area contributed by atoms with E-state index in [0.29, 0.717) is 5.69 Å². The number of urea groups is 1. The molecular formula is C12H16N4O4. The highest BCUT2D eigenvalue weighted by atomic mass is 16.4. The molecule has 0 aliphatic heterocycles. The molecule has 1 atom stereocenters. The summed E-state index contributed by atoms with van der Waals surface area (Å²) in [6, 6.07) is 4.11. The zero-order chi connectivity index (χ0) is 15.1. The molecule has 0 radical (unpaired) electrons. The van der Waals surface area contributed by atoms with Crippen molar-refractivity contribution < 1.29 is 19.5 Å². The van der Waals surface area contributed by atoms with E-state index in [-0.39, 0.29) is 0 Å². The number of aliphatic carboxylic acids is 1. The first-order valence-corrected chi connectivity index (χ1v) is 5.86. The predicted octanol–water partition coefficient (Wildman–Crippen LogP) is -0.276. The fourth-order valence-electron chi connectivity index (χ4n) is 1.53. The third-order valence-corrected chi connectivity index (χ3v) is 2.43. The van der Waals surface area contributed by atoms with Crippen LogP contribution in [0.4, 0.5) is 4.79 Å². The Balaban J connectivity index is 2.70. The van der Waals surface area contributed by atoms with Crippen LogP contribution in [0.15, 0.2) is 24.4 Å². The monoisotopic (exact) mass is 280 g/mol. The topological polar surface area (TPSA) is 126 Å². The molecule has 8 nitrogen and oxygen atoms in total. The third-order valence-electron chi connectivity index (χ3n) is 2.43. The molecule has 8 heteroatoms. The fraction of sp³-hybridized carbons (Fsp3) is 0.333. The number of primary amides is 1. The van der Waals surface area contributed by atoms with Crippen molar-refractivity contribution in [2.24, 2.45) is 5.73 Å². The van der Waals surface area contributed by atoms with Crippen molar-refractivity contribution in [3.8, 4) is 0 Å². The molecular weight excluding hydrogens is 264 g/mol. The van der Waals surface area contributed by atoms with E-state index in [9.17, 15) is 14.4 Å². The number of nitrogens with zero attached hydrogens (tertiary/aromatic N) is 2. The highest BCUT2D eigenvalue weighted by Crippen LogP contribution is 2.08. The van der Waals surface area contributed by atoms with Gasteiger partial charge in [0.25, 0.3) is 0 Å². The Labute approximate surface area is 115 Å². The zero-order valence-corrected chi connectivity index (χ0v) is 10.9. The number of hydrogen-bond acceptors (Lipinski definition) is 4. The Morgan fingerprint density at radius 1 is 1.40 bits per heavy atom. The van der Waals surface area contributed by atoms with E-state index in [0.717, 1.165) is 4.90 Å². The Morgan fingerprint density at radius 2 is 2.10 bits per heavy atom. The van der Waals surface area contributed by atoms with E-state index in [1.165, 1.54) is 0 Å². The molecule has 0 aliphatic rings. The van der Waals surface area contributed by atoms with Gasteiger partial charge in [-0.15, -0.1) is 0 Å². The lowest BCUT2D eigenvalue weighted by Gasteiger charge is -2.22. The molecule has 1 heterocycles. The molecule has 1 aromatic heterocycles. The highest BCUT2D eigenvalue weighted by molar-refractivity contribution is 5.86. The maximum absolute atomic E-state index is 11.9. The molecule has 1 aromatic rings. The summed E-state index contributed by atoms with van der Waals surface area (Å²) in [5, 5.41) is 11.3. The van der Waals surface area contributed by atoms with Gasteiger partial charge in [0.2, 0.25) is 5.91 Å². The number of carbonyl (C=O) groups is 3. The predicted molar refractivity (Wildman–Crippen MR) is 69.6 cm³/mol. The SMILES string of the molecule is CC(NC(=O)N(CC(N)=O)CC(=O)O)c1ccccn1. The van der Waals surface area contributed by atoms with Crippen molar-refractivity contribution in [1.29, 1.82) is 0 Å². The van der Waals surface area contributed by atoms with Crippen LogP contribution in [0.25, 0.3) is 0 Å². The molecule has 0 bridgehead atoms. The maximum atomic E-state index is 11.9. The van der Waals surface area contributed by atoms with Gasteiger partial charge in [0, 0.05) is 6.20 Å². The van der Waals surface area contributed by atoms with Gasteiger partial charge in [0.1, 0.15) is 13.1 Å². The molecule has 20 heavy (non-hydrogen) atoms. The average molecular weight is 280 g/mol. The molecule has 0 spiro atoms. The summed E-state index contributed by atoms with van der Waals surface area (Å²) < 4.78 is 0. The second-order valence-electron chi connectivity index (χ2n) is 4.14. The molecule has 0 saturated carbocycles. The third kappa shape index (κ3) is 4.92. The lowest BCUT2D eigenvalue weighted by Crippen LogP contribution is -2.47. The van der Waals surface area contributed by atoms with E-state index in [1.54, 1.807) is 31.3 Å². The second-order valence-corrected chi connectivity index (χ2v) is 4.14.